The number of carbonyl (C=O) groups is 2. The maximum absolute atomic E-state index is 12.6. The van der Waals surface area contributed by atoms with Crippen molar-refractivity contribution in [2.75, 3.05) is 0 Å². The average Bonchev–Trinajstić information content (AvgIpc) is 2.19. The van der Waals surface area contributed by atoms with Crippen molar-refractivity contribution in [3.8, 4) is 0 Å². The molecule has 2 amide bonds. The number of halogens is 1. The van der Waals surface area contributed by atoms with Crippen LogP contribution < -0.4 is 11.1 Å². The fourth-order valence-corrected chi connectivity index (χ4v) is 1.23. The molecule has 0 spiro atoms. The standard InChI is InChI=1S/C10H11FN2O3/c11-7-3-1-6(2-4-7)5-8(9(14)15)13-10(12)16/h1-4,8H,5H2,(H,14,15)(H3,12,13,16). The molecule has 0 aliphatic carbocycles. The van der Waals surface area contributed by atoms with Crippen molar-refractivity contribution in [1.29, 1.82) is 0 Å². The number of carboxylic acid groups (broad SMARTS) is 1. The molecule has 16 heavy (non-hydrogen) atoms. The lowest BCUT2D eigenvalue weighted by atomic mass is 10.1. The quantitative estimate of drug-likeness (QED) is 0.697. The van der Waals surface area contributed by atoms with E-state index in [9.17, 15) is 14.0 Å². The number of benzene rings is 1. The second kappa shape index (κ2) is 5.11. The highest BCUT2D eigenvalue weighted by Gasteiger charge is 2.18. The van der Waals surface area contributed by atoms with Gasteiger partial charge in [0.25, 0.3) is 0 Å². The molecule has 0 aliphatic rings. The summed E-state index contributed by atoms with van der Waals surface area (Å²) in [4.78, 5) is 21.3. The molecule has 6 heteroatoms. The summed E-state index contributed by atoms with van der Waals surface area (Å²) >= 11 is 0. The zero-order chi connectivity index (χ0) is 12.1. The van der Waals surface area contributed by atoms with Gasteiger partial charge in [0, 0.05) is 6.42 Å². The van der Waals surface area contributed by atoms with Crippen LogP contribution in [0.4, 0.5) is 9.18 Å². The van der Waals surface area contributed by atoms with Crippen LogP contribution in [0.25, 0.3) is 0 Å². The molecule has 1 aromatic rings. The highest BCUT2D eigenvalue weighted by molar-refractivity contribution is 5.81. The van der Waals surface area contributed by atoms with E-state index in [0.29, 0.717) is 5.56 Å². The van der Waals surface area contributed by atoms with Gasteiger partial charge in [0.2, 0.25) is 0 Å². The molecule has 0 bridgehead atoms. The smallest absolute Gasteiger partial charge is 0.326 e. The van der Waals surface area contributed by atoms with Crippen LogP contribution in [0.5, 0.6) is 0 Å². The number of urea groups is 1. The highest BCUT2D eigenvalue weighted by atomic mass is 19.1. The monoisotopic (exact) mass is 226 g/mol. The molecular formula is C10H11FN2O3. The van der Waals surface area contributed by atoms with E-state index in [0.717, 1.165) is 0 Å². The van der Waals surface area contributed by atoms with E-state index < -0.39 is 23.9 Å². The number of carboxylic acids is 1. The fourth-order valence-electron chi connectivity index (χ4n) is 1.23. The molecule has 0 radical (unpaired) electrons. The molecular weight excluding hydrogens is 215 g/mol. The summed E-state index contributed by atoms with van der Waals surface area (Å²) in [6.07, 6.45) is 0.0541. The van der Waals surface area contributed by atoms with Crippen LogP contribution in [0.1, 0.15) is 5.56 Å². The van der Waals surface area contributed by atoms with Crippen LogP contribution in [0.15, 0.2) is 24.3 Å². The molecule has 5 nitrogen and oxygen atoms in total. The molecule has 1 aromatic carbocycles. The molecule has 1 atom stereocenters. The number of hydrogen-bond acceptors (Lipinski definition) is 2. The van der Waals surface area contributed by atoms with Gasteiger partial charge in [-0.05, 0) is 17.7 Å². The topological polar surface area (TPSA) is 92.4 Å². The Labute approximate surface area is 91.1 Å². The van der Waals surface area contributed by atoms with E-state index in [1.165, 1.54) is 24.3 Å². The summed E-state index contributed by atoms with van der Waals surface area (Å²) in [5.41, 5.74) is 5.44. The molecule has 1 rings (SSSR count). The van der Waals surface area contributed by atoms with Crippen LogP contribution in [0.2, 0.25) is 0 Å². The van der Waals surface area contributed by atoms with Crippen LogP contribution in [-0.4, -0.2) is 23.1 Å². The number of aliphatic carboxylic acids is 1. The molecule has 0 aliphatic heterocycles. The van der Waals surface area contributed by atoms with Crippen LogP contribution in [0, 0.1) is 5.82 Å². The molecule has 86 valence electrons. The van der Waals surface area contributed by atoms with Crippen molar-refractivity contribution >= 4 is 12.0 Å². The maximum Gasteiger partial charge on any atom is 0.326 e. The lowest BCUT2D eigenvalue weighted by molar-refractivity contribution is -0.139. The Balaban J connectivity index is 2.71. The van der Waals surface area contributed by atoms with Gasteiger partial charge in [-0.15, -0.1) is 0 Å². The Morgan fingerprint density at radius 1 is 1.38 bits per heavy atom. The third-order valence-corrected chi connectivity index (χ3v) is 1.97. The minimum Gasteiger partial charge on any atom is -0.480 e. The molecule has 4 N–H and O–H groups in total. The minimum atomic E-state index is -1.19. The largest absolute Gasteiger partial charge is 0.480 e. The molecule has 0 fully saturated rings. The zero-order valence-electron chi connectivity index (χ0n) is 8.31. The van der Waals surface area contributed by atoms with Gasteiger partial charge >= 0.3 is 12.0 Å². The molecule has 0 aromatic heterocycles. The van der Waals surface area contributed by atoms with Gasteiger partial charge < -0.3 is 16.2 Å². The normalized spacial score (nSPS) is 11.8. The summed E-state index contributed by atoms with van der Waals surface area (Å²) < 4.78 is 12.6. The molecule has 0 heterocycles. The van der Waals surface area contributed by atoms with E-state index in [1.807, 2.05) is 0 Å². The highest BCUT2D eigenvalue weighted by Crippen LogP contribution is 2.06. The summed E-state index contributed by atoms with van der Waals surface area (Å²) in [6, 6.07) is 3.33. The van der Waals surface area contributed by atoms with E-state index in [4.69, 9.17) is 10.8 Å². The Kier molecular flexibility index (Phi) is 3.82. The van der Waals surface area contributed by atoms with Crippen LogP contribution in [-0.2, 0) is 11.2 Å². The Morgan fingerprint density at radius 3 is 2.38 bits per heavy atom. The van der Waals surface area contributed by atoms with Gasteiger partial charge in [-0.3, -0.25) is 0 Å². The predicted molar refractivity (Wildman–Crippen MR) is 54.2 cm³/mol. The molecule has 0 saturated carbocycles. The van der Waals surface area contributed by atoms with E-state index in [-0.39, 0.29) is 6.42 Å². The predicted octanol–water partition coefficient (Wildman–Crippen LogP) is 0.490. The van der Waals surface area contributed by atoms with Crippen molar-refractivity contribution in [2.24, 2.45) is 5.73 Å². The van der Waals surface area contributed by atoms with Crippen molar-refractivity contribution in [1.82, 2.24) is 5.32 Å². The number of primary amides is 1. The lowest BCUT2D eigenvalue weighted by Crippen LogP contribution is -2.44. The van der Waals surface area contributed by atoms with Gasteiger partial charge in [0.1, 0.15) is 11.9 Å². The number of nitrogens with two attached hydrogens (primary N) is 1. The number of hydrogen-bond donors (Lipinski definition) is 3. The van der Waals surface area contributed by atoms with Crippen molar-refractivity contribution in [3.63, 3.8) is 0 Å². The molecule has 0 saturated heterocycles. The first-order valence-electron chi connectivity index (χ1n) is 4.52. The summed E-state index contributed by atoms with van der Waals surface area (Å²) in [5.74, 6) is -1.60. The third kappa shape index (κ3) is 3.56. The Hall–Kier alpha value is -2.11. The van der Waals surface area contributed by atoms with Gasteiger partial charge in [0.15, 0.2) is 0 Å². The number of amides is 2. The Bertz CT molecular complexity index is 392. The number of carbonyl (C=O) groups excluding carboxylic acids is 1. The van der Waals surface area contributed by atoms with Gasteiger partial charge in [-0.1, -0.05) is 12.1 Å². The van der Waals surface area contributed by atoms with E-state index >= 15 is 0 Å². The molecule has 1 unspecified atom stereocenters. The van der Waals surface area contributed by atoms with Gasteiger partial charge in [0.05, 0.1) is 0 Å². The van der Waals surface area contributed by atoms with E-state index in [1.54, 1.807) is 0 Å². The number of rotatable bonds is 4. The average molecular weight is 226 g/mol. The van der Waals surface area contributed by atoms with Crippen LogP contribution >= 0.6 is 0 Å². The fraction of sp³-hybridized carbons (Fsp3) is 0.200. The number of nitrogens with one attached hydrogen (secondary N) is 1. The first kappa shape index (κ1) is 12.0. The Morgan fingerprint density at radius 2 is 1.94 bits per heavy atom. The van der Waals surface area contributed by atoms with Crippen molar-refractivity contribution in [3.05, 3.63) is 35.6 Å². The van der Waals surface area contributed by atoms with Gasteiger partial charge in [-0.25, -0.2) is 14.0 Å². The van der Waals surface area contributed by atoms with Gasteiger partial charge in [-0.2, -0.15) is 0 Å². The minimum absolute atomic E-state index is 0.0541. The SMILES string of the molecule is NC(=O)NC(Cc1ccc(F)cc1)C(=O)O. The van der Waals surface area contributed by atoms with Crippen LogP contribution in [0.3, 0.4) is 0 Å². The first-order chi connectivity index (χ1) is 7.49. The zero-order valence-corrected chi connectivity index (χ0v) is 8.31. The second-order valence-corrected chi connectivity index (χ2v) is 3.23. The summed E-state index contributed by atoms with van der Waals surface area (Å²) in [7, 11) is 0. The maximum atomic E-state index is 12.6. The lowest BCUT2D eigenvalue weighted by Gasteiger charge is -2.12. The van der Waals surface area contributed by atoms with Crippen molar-refractivity contribution < 1.29 is 19.1 Å². The summed E-state index contributed by atoms with van der Waals surface area (Å²) in [6.45, 7) is 0. The second-order valence-electron chi connectivity index (χ2n) is 3.23. The third-order valence-electron chi connectivity index (χ3n) is 1.97. The van der Waals surface area contributed by atoms with Crippen molar-refractivity contribution in [2.45, 2.75) is 12.5 Å². The first-order valence-corrected chi connectivity index (χ1v) is 4.52. The van der Waals surface area contributed by atoms with E-state index in [2.05, 4.69) is 5.32 Å². The summed E-state index contributed by atoms with van der Waals surface area (Å²) in [5, 5.41) is 10.9.